The fourth-order valence-corrected chi connectivity index (χ4v) is 4.30. The fourth-order valence-electron chi connectivity index (χ4n) is 4.30. The van der Waals surface area contributed by atoms with Crippen LogP contribution in [-0.4, -0.2) is 19.1 Å². The summed E-state index contributed by atoms with van der Waals surface area (Å²) in [5.41, 5.74) is 9.82. The van der Waals surface area contributed by atoms with E-state index in [9.17, 15) is 4.79 Å². The normalized spacial score (nSPS) is 15.7. The van der Waals surface area contributed by atoms with E-state index in [-0.39, 0.29) is 19.0 Å². The zero-order valence-electron chi connectivity index (χ0n) is 18.0. The number of rotatable bonds is 6. The first-order valence-electron chi connectivity index (χ1n) is 10.7. The first-order chi connectivity index (χ1) is 15.1. The van der Waals surface area contributed by atoms with Gasteiger partial charge in [-0.05, 0) is 90.9 Å². The number of aryl methyl sites for hydroxylation is 1. The van der Waals surface area contributed by atoms with Gasteiger partial charge in [-0.3, -0.25) is 0 Å². The summed E-state index contributed by atoms with van der Waals surface area (Å²) in [4.78, 5) is 12.8. The highest BCUT2D eigenvalue weighted by atomic mass is 35.5. The predicted molar refractivity (Wildman–Crippen MR) is 127 cm³/mol. The van der Waals surface area contributed by atoms with Crippen molar-refractivity contribution in [2.24, 2.45) is 5.73 Å². The van der Waals surface area contributed by atoms with E-state index in [4.69, 9.17) is 20.5 Å². The number of hydrogen-bond acceptors (Lipinski definition) is 5. The van der Waals surface area contributed by atoms with Gasteiger partial charge in [0.15, 0.2) is 0 Å². The first kappa shape index (κ1) is 23.6. The molecule has 166 valence electrons. The van der Waals surface area contributed by atoms with E-state index in [1.54, 1.807) is 13.0 Å². The minimum Gasteiger partial charge on any atom is -0.474 e. The molecule has 2 atom stereocenters. The van der Waals surface area contributed by atoms with Gasteiger partial charge in [0.05, 0.1) is 18.2 Å². The van der Waals surface area contributed by atoms with Crippen molar-refractivity contribution in [2.45, 2.75) is 38.2 Å². The Morgan fingerprint density at radius 1 is 1.16 bits per heavy atom. The lowest BCUT2D eigenvalue weighted by atomic mass is 9.83. The van der Waals surface area contributed by atoms with Crippen LogP contribution < -0.4 is 10.5 Å². The summed E-state index contributed by atoms with van der Waals surface area (Å²) in [6.07, 6.45) is 2.38. The van der Waals surface area contributed by atoms with E-state index in [0.717, 1.165) is 30.0 Å². The van der Waals surface area contributed by atoms with Gasteiger partial charge in [0.1, 0.15) is 5.75 Å². The average molecular weight is 451 g/mol. The van der Waals surface area contributed by atoms with Gasteiger partial charge in [0.25, 0.3) is 0 Å². The van der Waals surface area contributed by atoms with Crippen LogP contribution in [0.5, 0.6) is 5.75 Å². The molecule has 6 heteroatoms. The second-order valence-electron chi connectivity index (χ2n) is 7.87. The van der Waals surface area contributed by atoms with Crippen LogP contribution in [0.1, 0.15) is 54.0 Å². The van der Waals surface area contributed by atoms with Crippen molar-refractivity contribution >= 4 is 29.1 Å². The number of nitrogens with two attached hydrogens (primary N) is 1. The molecule has 5 nitrogen and oxygen atoms in total. The van der Waals surface area contributed by atoms with E-state index in [0.29, 0.717) is 29.3 Å². The third-order valence-corrected chi connectivity index (χ3v) is 5.89. The third-order valence-electron chi connectivity index (χ3n) is 5.89. The molecule has 0 radical (unpaired) electrons. The van der Waals surface area contributed by atoms with Gasteiger partial charge in [-0.25, -0.2) is 4.79 Å². The molecule has 2 N–H and O–H groups in total. The summed E-state index contributed by atoms with van der Waals surface area (Å²) in [5, 5.41) is 11.0. The highest BCUT2D eigenvalue weighted by Crippen LogP contribution is 2.35. The molecule has 1 aliphatic rings. The number of benzene rings is 3. The number of nitrogens with zero attached hydrogens (tertiary/aromatic N) is 1. The number of nitriles is 1. The average Bonchev–Trinajstić information content (AvgIpc) is 2.81. The van der Waals surface area contributed by atoms with Crippen molar-refractivity contribution in [3.63, 3.8) is 0 Å². The Morgan fingerprint density at radius 3 is 2.69 bits per heavy atom. The molecular formula is C26H27ClN2O3. The van der Waals surface area contributed by atoms with Crippen LogP contribution in [0.25, 0.3) is 10.8 Å². The zero-order chi connectivity index (χ0) is 21.8. The van der Waals surface area contributed by atoms with Gasteiger partial charge in [-0.2, -0.15) is 5.26 Å². The summed E-state index contributed by atoms with van der Waals surface area (Å²) < 4.78 is 11.5. The van der Waals surface area contributed by atoms with Crippen LogP contribution >= 0.6 is 12.4 Å². The number of ether oxygens (including phenoxy) is 2. The molecule has 0 fully saturated rings. The van der Waals surface area contributed by atoms with Gasteiger partial charge in [0, 0.05) is 5.56 Å². The first-order valence-corrected chi connectivity index (χ1v) is 10.7. The van der Waals surface area contributed by atoms with Crippen molar-refractivity contribution in [2.75, 3.05) is 13.2 Å². The Hall–Kier alpha value is -3.07. The number of fused-ring (bicyclic) bond motifs is 2. The standard InChI is InChI=1S/C26H26N2O3.ClH/c1-2-30-26(29)25(21-9-8-19-12-17(15-27)6-7-20(19)13-21)31-23-11-10-18-4-3-5-22(16-28)24(18)14-23;/h6-14,22,25H,2-5,16,28H2,1H3;1H. The predicted octanol–water partition coefficient (Wildman–Crippen LogP) is 5.20. The van der Waals surface area contributed by atoms with Gasteiger partial charge >= 0.3 is 5.97 Å². The Balaban J connectivity index is 0.00000289. The Labute approximate surface area is 194 Å². The second-order valence-corrected chi connectivity index (χ2v) is 7.87. The van der Waals surface area contributed by atoms with Gasteiger partial charge in [-0.1, -0.05) is 24.3 Å². The molecule has 0 heterocycles. The van der Waals surface area contributed by atoms with Crippen molar-refractivity contribution in [3.05, 3.63) is 76.9 Å². The number of carbonyl (C=O) groups is 1. The van der Waals surface area contributed by atoms with Crippen LogP contribution in [0.3, 0.4) is 0 Å². The minimum atomic E-state index is -0.877. The van der Waals surface area contributed by atoms with E-state index >= 15 is 0 Å². The summed E-state index contributed by atoms with van der Waals surface area (Å²) in [7, 11) is 0. The molecule has 32 heavy (non-hydrogen) atoms. The SMILES string of the molecule is CCOC(=O)C(Oc1ccc2c(c1)C(CN)CCC2)c1ccc2cc(C#N)ccc2c1.Cl. The summed E-state index contributed by atoms with van der Waals surface area (Å²) >= 11 is 0. The molecule has 1 aliphatic carbocycles. The summed E-state index contributed by atoms with van der Waals surface area (Å²) in [5.74, 6) is 0.531. The Bertz CT molecular complexity index is 1160. The van der Waals surface area contributed by atoms with Gasteiger partial charge in [0.2, 0.25) is 6.10 Å². The zero-order valence-corrected chi connectivity index (χ0v) is 18.9. The van der Waals surface area contributed by atoms with Gasteiger partial charge in [-0.15, -0.1) is 12.4 Å². The van der Waals surface area contributed by atoms with Gasteiger partial charge < -0.3 is 15.2 Å². The minimum absolute atomic E-state index is 0. The van der Waals surface area contributed by atoms with Crippen molar-refractivity contribution < 1.29 is 14.3 Å². The lowest BCUT2D eigenvalue weighted by Crippen LogP contribution is -2.22. The maximum absolute atomic E-state index is 12.8. The molecule has 0 amide bonds. The smallest absolute Gasteiger partial charge is 0.352 e. The number of hydrogen-bond donors (Lipinski definition) is 1. The Kier molecular flexibility index (Phi) is 7.74. The molecule has 0 aromatic heterocycles. The van der Waals surface area contributed by atoms with Crippen molar-refractivity contribution in [1.29, 1.82) is 5.26 Å². The number of esters is 1. The molecule has 3 aromatic rings. The maximum Gasteiger partial charge on any atom is 0.352 e. The lowest BCUT2D eigenvalue weighted by molar-refractivity contribution is -0.151. The molecule has 0 saturated heterocycles. The molecule has 4 rings (SSSR count). The molecular weight excluding hydrogens is 424 g/mol. The largest absolute Gasteiger partial charge is 0.474 e. The molecule has 0 aliphatic heterocycles. The van der Waals surface area contributed by atoms with E-state index < -0.39 is 12.1 Å². The quantitative estimate of drug-likeness (QED) is 0.522. The van der Waals surface area contributed by atoms with Crippen molar-refractivity contribution in [1.82, 2.24) is 0 Å². The van der Waals surface area contributed by atoms with E-state index in [2.05, 4.69) is 12.1 Å². The van der Waals surface area contributed by atoms with E-state index in [1.165, 1.54) is 11.1 Å². The molecule has 0 bridgehead atoms. The van der Waals surface area contributed by atoms with Crippen molar-refractivity contribution in [3.8, 4) is 11.8 Å². The third kappa shape index (κ3) is 4.88. The summed E-state index contributed by atoms with van der Waals surface area (Å²) in [6.45, 7) is 2.66. The topological polar surface area (TPSA) is 85.3 Å². The second kappa shape index (κ2) is 10.5. The molecule has 2 unspecified atom stereocenters. The number of halogens is 1. The van der Waals surface area contributed by atoms with Crippen LogP contribution in [0.2, 0.25) is 0 Å². The lowest BCUT2D eigenvalue weighted by Gasteiger charge is -2.26. The summed E-state index contributed by atoms with van der Waals surface area (Å²) in [6, 6.07) is 19.3. The fraction of sp³-hybridized carbons (Fsp3) is 0.308. The van der Waals surface area contributed by atoms with Crippen LogP contribution in [0, 0.1) is 11.3 Å². The van der Waals surface area contributed by atoms with Crippen LogP contribution in [-0.2, 0) is 16.0 Å². The molecule has 0 saturated carbocycles. The van der Waals surface area contributed by atoms with Crippen LogP contribution in [0.15, 0.2) is 54.6 Å². The van der Waals surface area contributed by atoms with E-state index in [1.807, 2.05) is 42.5 Å². The maximum atomic E-state index is 12.8. The highest BCUT2D eigenvalue weighted by Gasteiger charge is 2.26. The monoisotopic (exact) mass is 450 g/mol. The Morgan fingerprint density at radius 2 is 1.94 bits per heavy atom. The molecule has 0 spiro atoms. The highest BCUT2D eigenvalue weighted by molar-refractivity contribution is 5.86. The number of carbonyl (C=O) groups excluding carboxylic acids is 1. The van der Waals surface area contributed by atoms with Crippen LogP contribution in [0.4, 0.5) is 0 Å². The molecule has 3 aromatic carbocycles.